The first-order valence-electron chi connectivity index (χ1n) is 16.2. The van der Waals surface area contributed by atoms with Crippen molar-refractivity contribution < 1.29 is 41.4 Å². The number of anilines is 1. The largest absolute Gasteiger partial charge is 0.573 e. The van der Waals surface area contributed by atoms with Crippen LogP contribution in [0.5, 0.6) is 5.75 Å². The van der Waals surface area contributed by atoms with E-state index in [2.05, 4.69) is 31.0 Å². The molecule has 1 aromatic carbocycles. The molecule has 2 aromatic heterocycles. The molecular weight excluding hydrogens is 666 g/mol. The summed E-state index contributed by atoms with van der Waals surface area (Å²) in [5, 5.41) is 15.6. The number of amides is 3. The Morgan fingerprint density at radius 1 is 1.06 bits per heavy atom. The maximum absolute atomic E-state index is 14.8. The van der Waals surface area contributed by atoms with Crippen molar-refractivity contribution in [2.75, 3.05) is 5.32 Å². The topological polar surface area (TPSA) is 158 Å². The molecule has 0 radical (unpaired) electrons. The molecule has 1 aliphatic carbocycles. The highest BCUT2D eigenvalue weighted by Crippen LogP contribution is 2.28. The van der Waals surface area contributed by atoms with Crippen molar-refractivity contribution >= 4 is 23.6 Å². The molecule has 2 heterocycles. The van der Waals surface area contributed by atoms with Crippen LogP contribution in [0.2, 0.25) is 0 Å². The van der Waals surface area contributed by atoms with Gasteiger partial charge in [-0.2, -0.15) is 0 Å². The number of carbonyl (C=O) groups is 3. The van der Waals surface area contributed by atoms with E-state index in [0.29, 0.717) is 11.3 Å². The third kappa shape index (κ3) is 12.8. The number of nitrogens with one attached hydrogen (secondary N) is 3. The van der Waals surface area contributed by atoms with Crippen LogP contribution < -0.4 is 26.2 Å². The average molecular weight is 708 g/mol. The second kappa shape index (κ2) is 16.6. The third-order valence-electron chi connectivity index (χ3n) is 7.75. The molecule has 3 aromatic rings. The summed E-state index contributed by atoms with van der Waals surface area (Å²) in [6.07, 6.45) is -0.774. The van der Waals surface area contributed by atoms with E-state index in [1.54, 1.807) is 26.8 Å². The summed E-state index contributed by atoms with van der Waals surface area (Å²) in [6, 6.07) is 7.96. The molecule has 0 spiro atoms. The van der Waals surface area contributed by atoms with Gasteiger partial charge in [0.15, 0.2) is 5.69 Å². The van der Waals surface area contributed by atoms with Crippen LogP contribution in [0.15, 0.2) is 53.6 Å². The van der Waals surface area contributed by atoms with Gasteiger partial charge >= 0.3 is 12.5 Å². The lowest BCUT2D eigenvalue weighted by molar-refractivity contribution is -0.274. The standard InChI is InChI=1S/C33H41F4N7O6/c1-32(2,3)50-31(48)40-24-9-7-21(8-10-24)16-28(45)39-25-12-14-43(29(46)17-25)13-11-23(34)19-44-20-27(41-42-44)30(47)38-18-22-5-4-6-26(15-22)49-33(35,36)37/h4-6,12,14-15,17,20-21,23-24H,7-11,13,16,18-19H2,1-3H3,(H,38,47)(H,39,45)(H,40,48). The van der Waals surface area contributed by atoms with Gasteiger partial charge in [0.2, 0.25) is 5.91 Å². The Morgan fingerprint density at radius 2 is 1.80 bits per heavy atom. The first-order valence-corrected chi connectivity index (χ1v) is 16.2. The van der Waals surface area contributed by atoms with Crippen molar-refractivity contribution in [2.24, 2.45) is 5.92 Å². The van der Waals surface area contributed by atoms with Gasteiger partial charge in [0.1, 0.15) is 17.5 Å². The second-order valence-corrected chi connectivity index (χ2v) is 13.2. The van der Waals surface area contributed by atoms with Crippen LogP contribution in [-0.2, 0) is 29.2 Å². The minimum Gasteiger partial charge on any atom is -0.444 e. The monoisotopic (exact) mass is 707 g/mol. The number of alkyl carbamates (subject to hydrolysis) is 1. The number of carbonyl (C=O) groups excluding carboxylic acids is 3. The van der Waals surface area contributed by atoms with Crippen LogP contribution in [0.3, 0.4) is 0 Å². The summed E-state index contributed by atoms with van der Waals surface area (Å²) in [4.78, 5) is 49.7. The molecule has 1 atom stereocenters. The molecule has 0 bridgehead atoms. The number of halogens is 4. The summed E-state index contributed by atoms with van der Waals surface area (Å²) < 4.78 is 63.8. The van der Waals surface area contributed by atoms with E-state index in [1.165, 1.54) is 35.2 Å². The maximum Gasteiger partial charge on any atom is 0.573 e. The van der Waals surface area contributed by atoms with E-state index >= 15 is 0 Å². The highest BCUT2D eigenvalue weighted by molar-refractivity contribution is 5.92. The fourth-order valence-corrected chi connectivity index (χ4v) is 5.42. The molecule has 13 nitrogen and oxygen atoms in total. The molecule has 272 valence electrons. The Balaban J connectivity index is 1.16. The van der Waals surface area contributed by atoms with Crippen molar-refractivity contribution in [3.63, 3.8) is 0 Å². The number of alkyl halides is 4. The van der Waals surface area contributed by atoms with Crippen LogP contribution in [-0.4, -0.2) is 61.6 Å². The van der Waals surface area contributed by atoms with Crippen LogP contribution in [0, 0.1) is 5.92 Å². The van der Waals surface area contributed by atoms with E-state index in [9.17, 15) is 36.7 Å². The van der Waals surface area contributed by atoms with Gasteiger partial charge in [-0.3, -0.25) is 14.4 Å². The zero-order valence-corrected chi connectivity index (χ0v) is 28.0. The van der Waals surface area contributed by atoms with Crippen molar-refractivity contribution in [2.45, 2.75) is 103 Å². The first kappa shape index (κ1) is 37.9. The summed E-state index contributed by atoms with van der Waals surface area (Å²) in [7, 11) is 0. The van der Waals surface area contributed by atoms with Gasteiger partial charge in [-0.25, -0.2) is 13.9 Å². The van der Waals surface area contributed by atoms with Gasteiger partial charge in [0, 0.05) is 43.5 Å². The lowest BCUT2D eigenvalue weighted by Crippen LogP contribution is -2.41. The fourth-order valence-electron chi connectivity index (χ4n) is 5.42. The quantitative estimate of drug-likeness (QED) is 0.207. The van der Waals surface area contributed by atoms with Crippen molar-refractivity contribution in [3.8, 4) is 5.75 Å². The molecule has 0 saturated heterocycles. The smallest absolute Gasteiger partial charge is 0.444 e. The number of hydrogen-bond donors (Lipinski definition) is 3. The molecule has 3 amide bonds. The Bertz CT molecular complexity index is 1680. The third-order valence-corrected chi connectivity index (χ3v) is 7.75. The molecule has 1 fully saturated rings. The SMILES string of the molecule is CC(C)(C)OC(=O)NC1CCC(CC(=O)Nc2ccn(CCC(F)Cn3cc(C(=O)NCc4cccc(OC(F)(F)F)c4)nn3)c(=O)c2)CC1. The molecule has 17 heteroatoms. The van der Waals surface area contributed by atoms with Gasteiger partial charge in [0.05, 0.1) is 12.7 Å². The lowest BCUT2D eigenvalue weighted by Gasteiger charge is -2.29. The Labute approximate surface area is 285 Å². The predicted octanol–water partition coefficient (Wildman–Crippen LogP) is 5.11. The number of benzene rings is 1. The molecule has 0 aliphatic heterocycles. The van der Waals surface area contributed by atoms with Crippen LogP contribution in [0.4, 0.5) is 28.0 Å². The van der Waals surface area contributed by atoms with Crippen molar-refractivity contribution in [3.05, 3.63) is 70.4 Å². The number of pyridine rings is 1. The Hall–Kier alpha value is -4.96. The van der Waals surface area contributed by atoms with E-state index < -0.39 is 41.4 Å². The highest BCUT2D eigenvalue weighted by Gasteiger charge is 2.31. The van der Waals surface area contributed by atoms with Gasteiger partial charge in [-0.1, -0.05) is 17.3 Å². The summed E-state index contributed by atoms with van der Waals surface area (Å²) >= 11 is 0. The van der Waals surface area contributed by atoms with Crippen LogP contribution in [0.1, 0.15) is 75.3 Å². The number of rotatable bonds is 13. The minimum atomic E-state index is -4.85. The Morgan fingerprint density at radius 3 is 2.48 bits per heavy atom. The lowest BCUT2D eigenvalue weighted by atomic mass is 9.84. The van der Waals surface area contributed by atoms with Crippen molar-refractivity contribution in [1.29, 1.82) is 0 Å². The van der Waals surface area contributed by atoms with Gasteiger partial charge < -0.3 is 30.0 Å². The Kier molecular flexibility index (Phi) is 12.6. The first-order chi connectivity index (χ1) is 23.5. The molecule has 50 heavy (non-hydrogen) atoms. The summed E-state index contributed by atoms with van der Waals surface area (Å²) in [5.41, 5.74) is -0.416. The maximum atomic E-state index is 14.8. The predicted molar refractivity (Wildman–Crippen MR) is 173 cm³/mol. The number of ether oxygens (including phenoxy) is 2. The summed E-state index contributed by atoms with van der Waals surface area (Å²) in [6.45, 7) is 5.11. The second-order valence-electron chi connectivity index (χ2n) is 13.2. The van der Waals surface area contributed by atoms with Gasteiger partial charge in [-0.05, 0) is 82.6 Å². The van der Waals surface area contributed by atoms with Crippen LogP contribution in [0.25, 0.3) is 0 Å². The van der Waals surface area contributed by atoms with Crippen molar-refractivity contribution in [1.82, 2.24) is 30.2 Å². The van der Waals surface area contributed by atoms with E-state index in [0.717, 1.165) is 42.5 Å². The highest BCUT2D eigenvalue weighted by atomic mass is 19.4. The average Bonchev–Trinajstić information content (AvgIpc) is 3.47. The summed E-state index contributed by atoms with van der Waals surface area (Å²) in [5.74, 6) is -1.16. The molecule has 4 rings (SSSR count). The molecule has 1 aliphatic rings. The molecular formula is C33H41F4N7O6. The number of aromatic nitrogens is 4. The van der Waals surface area contributed by atoms with E-state index in [4.69, 9.17) is 4.74 Å². The number of aryl methyl sites for hydroxylation is 1. The fraction of sp³-hybridized carbons (Fsp3) is 0.515. The zero-order chi connectivity index (χ0) is 36.5. The number of nitrogens with zero attached hydrogens (tertiary/aromatic N) is 4. The normalized spacial score (nSPS) is 17.0. The molecule has 1 saturated carbocycles. The van der Waals surface area contributed by atoms with Gasteiger partial charge in [0.25, 0.3) is 11.5 Å². The molecule has 1 unspecified atom stereocenters. The molecule has 3 N–H and O–H groups in total. The van der Waals surface area contributed by atoms with Crippen LogP contribution >= 0.6 is 0 Å². The van der Waals surface area contributed by atoms with E-state index in [1.807, 2.05) is 0 Å². The minimum absolute atomic E-state index is 0.00148. The number of hydrogen-bond acceptors (Lipinski definition) is 8. The van der Waals surface area contributed by atoms with Gasteiger partial charge in [-0.15, -0.1) is 18.3 Å². The van der Waals surface area contributed by atoms with E-state index in [-0.39, 0.29) is 56.0 Å². The zero-order valence-electron chi connectivity index (χ0n) is 28.0.